The molecule has 0 radical (unpaired) electrons. The van der Waals surface area contributed by atoms with Crippen LogP contribution in [0, 0.1) is 12.8 Å². The van der Waals surface area contributed by atoms with E-state index in [0.717, 1.165) is 12.8 Å². The second kappa shape index (κ2) is 9.07. The molecule has 1 aliphatic carbocycles. The lowest BCUT2D eigenvalue weighted by atomic mass is 9.69. The van der Waals surface area contributed by atoms with Gasteiger partial charge in [0.25, 0.3) is 5.91 Å². The van der Waals surface area contributed by atoms with E-state index in [4.69, 9.17) is 4.42 Å². The van der Waals surface area contributed by atoms with E-state index < -0.39 is 0 Å². The van der Waals surface area contributed by atoms with Crippen LogP contribution in [0.3, 0.4) is 0 Å². The highest BCUT2D eigenvalue weighted by Gasteiger charge is 2.35. The lowest BCUT2D eigenvalue weighted by molar-refractivity contribution is -0.126. The third kappa shape index (κ3) is 4.45. The monoisotopic (exact) mass is 408 g/mol. The van der Waals surface area contributed by atoms with Gasteiger partial charge in [-0.1, -0.05) is 49.1 Å². The minimum absolute atomic E-state index is 0.0109. The molecule has 2 fully saturated rings. The minimum atomic E-state index is -0.0171. The molecule has 5 nitrogen and oxygen atoms in total. The first-order valence-electron chi connectivity index (χ1n) is 11.2. The Labute approximate surface area is 178 Å². The van der Waals surface area contributed by atoms with Crippen molar-refractivity contribution in [1.82, 2.24) is 10.2 Å². The summed E-state index contributed by atoms with van der Waals surface area (Å²) < 4.78 is 5.02. The van der Waals surface area contributed by atoms with Crippen molar-refractivity contribution >= 4 is 11.8 Å². The van der Waals surface area contributed by atoms with Crippen LogP contribution in [0.2, 0.25) is 0 Å². The first kappa shape index (κ1) is 20.7. The fourth-order valence-corrected chi connectivity index (χ4v) is 5.09. The highest BCUT2D eigenvalue weighted by Crippen LogP contribution is 2.39. The Hall–Kier alpha value is -2.56. The zero-order valence-corrected chi connectivity index (χ0v) is 17.9. The van der Waals surface area contributed by atoms with E-state index in [-0.39, 0.29) is 23.1 Å². The number of benzene rings is 1. The molecule has 2 aliphatic rings. The van der Waals surface area contributed by atoms with Crippen LogP contribution in [0.25, 0.3) is 0 Å². The van der Waals surface area contributed by atoms with Gasteiger partial charge in [0.05, 0.1) is 11.8 Å². The molecule has 0 bridgehead atoms. The summed E-state index contributed by atoms with van der Waals surface area (Å²) in [6.45, 7) is 4.08. The van der Waals surface area contributed by atoms with Crippen LogP contribution in [-0.4, -0.2) is 36.3 Å². The third-order valence-corrected chi connectivity index (χ3v) is 6.96. The maximum absolute atomic E-state index is 13.0. The maximum atomic E-state index is 13.0. The van der Waals surface area contributed by atoms with Crippen LogP contribution < -0.4 is 5.32 Å². The number of piperidine rings is 1. The SMILES string of the molecule is Cc1cccc(C2(CNC(=O)C3CCN(C(=O)c4ccoc4)CC3)CCCCC2)c1. The Morgan fingerprint density at radius 1 is 1.13 bits per heavy atom. The Bertz CT molecular complexity index is 860. The lowest BCUT2D eigenvalue weighted by Gasteiger charge is -2.39. The largest absolute Gasteiger partial charge is 0.472 e. The molecule has 5 heteroatoms. The first-order valence-corrected chi connectivity index (χ1v) is 11.2. The van der Waals surface area contributed by atoms with Gasteiger partial charge in [0.2, 0.25) is 5.91 Å². The Balaban J connectivity index is 1.35. The molecule has 2 amide bonds. The molecule has 1 aromatic heterocycles. The third-order valence-electron chi connectivity index (χ3n) is 6.96. The van der Waals surface area contributed by atoms with Gasteiger partial charge in [0.1, 0.15) is 6.26 Å². The molecule has 1 aromatic carbocycles. The van der Waals surface area contributed by atoms with Crippen molar-refractivity contribution < 1.29 is 14.0 Å². The van der Waals surface area contributed by atoms with Crippen LogP contribution >= 0.6 is 0 Å². The van der Waals surface area contributed by atoms with E-state index in [1.807, 2.05) is 4.90 Å². The molecule has 2 heterocycles. The molecule has 1 N–H and O–H groups in total. The van der Waals surface area contributed by atoms with Gasteiger partial charge >= 0.3 is 0 Å². The number of amides is 2. The van der Waals surface area contributed by atoms with Crippen molar-refractivity contribution in [2.24, 2.45) is 5.92 Å². The number of nitrogens with zero attached hydrogens (tertiary/aromatic N) is 1. The smallest absolute Gasteiger partial charge is 0.257 e. The van der Waals surface area contributed by atoms with Crippen molar-refractivity contribution in [3.05, 3.63) is 59.5 Å². The first-order chi connectivity index (χ1) is 14.6. The molecule has 1 saturated carbocycles. The van der Waals surface area contributed by atoms with Crippen molar-refractivity contribution in [3.8, 4) is 0 Å². The van der Waals surface area contributed by atoms with E-state index in [9.17, 15) is 9.59 Å². The molecule has 30 heavy (non-hydrogen) atoms. The molecule has 1 saturated heterocycles. The predicted molar refractivity (Wildman–Crippen MR) is 116 cm³/mol. The van der Waals surface area contributed by atoms with E-state index in [0.29, 0.717) is 38.0 Å². The Morgan fingerprint density at radius 2 is 1.90 bits per heavy atom. The molecule has 1 aliphatic heterocycles. The van der Waals surface area contributed by atoms with Crippen molar-refractivity contribution in [1.29, 1.82) is 0 Å². The van der Waals surface area contributed by atoms with Gasteiger partial charge in [-0.15, -0.1) is 0 Å². The van der Waals surface area contributed by atoms with Crippen molar-refractivity contribution in [3.63, 3.8) is 0 Å². The Kier molecular flexibility index (Phi) is 6.26. The van der Waals surface area contributed by atoms with Gasteiger partial charge in [0.15, 0.2) is 0 Å². The number of carbonyl (C=O) groups excluding carboxylic acids is 2. The second-order valence-corrected chi connectivity index (χ2v) is 9.01. The normalized spacial score (nSPS) is 19.4. The zero-order chi connectivity index (χ0) is 21.0. The summed E-state index contributed by atoms with van der Waals surface area (Å²) >= 11 is 0. The number of rotatable bonds is 5. The molecular formula is C25H32N2O3. The molecule has 0 atom stereocenters. The van der Waals surface area contributed by atoms with Crippen LogP contribution in [0.1, 0.15) is 66.4 Å². The van der Waals surface area contributed by atoms with E-state index in [1.165, 1.54) is 42.9 Å². The summed E-state index contributed by atoms with van der Waals surface area (Å²) in [4.78, 5) is 27.2. The average molecular weight is 409 g/mol. The van der Waals surface area contributed by atoms with Crippen LogP contribution in [-0.2, 0) is 10.2 Å². The number of hydrogen-bond acceptors (Lipinski definition) is 3. The number of aryl methyl sites for hydroxylation is 1. The number of furan rings is 1. The van der Waals surface area contributed by atoms with E-state index in [2.05, 4.69) is 36.5 Å². The van der Waals surface area contributed by atoms with Gasteiger partial charge in [0, 0.05) is 31.0 Å². The fraction of sp³-hybridized carbons (Fsp3) is 0.520. The molecule has 2 aromatic rings. The number of nitrogens with one attached hydrogen (secondary N) is 1. The van der Waals surface area contributed by atoms with Gasteiger partial charge < -0.3 is 14.6 Å². The highest BCUT2D eigenvalue weighted by molar-refractivity contribution is 5.94. The summed E-state index contributed by atoms with van der Waals surface area (Å²) in [7, 11) is 0. The molecule has 4 rings (SSSR count). The number of hydrogen-bond donors (Lipinski definition) is 1. The zero-order valence-electron chi connectivity index (χ0n) is 17.9. The fourth-order valence-electron chi connectivity index (χ4n) is 5.09. The summed E-state index contributed by atoms with van der Waals surface area (Å²) in [5.74, 6) is 0.114. The predicted octanol–water partition coefficient (Wildman–Crippen LogP) is 4.46. The molecule has 160 valence electrons. The van der Waals surface area contributed by atoms with Crippen LogP contribution in [0.15, 0.2) is 47.3 Å². The van der Waals surface area contributed by atoms with Gasteiger partial charge in [-0.3, -0.25) is 9.59 Å². The van der Waals surface area contributed by atoms with Gasteiger partial charge in [-0.05, 0) is 44.2 Å². The quantitative estimate of drug-likeness (QED) is 0.795. The molecule has 0 unspecified atom stereocenters. The number of likely N-dealkylation sites (tertiary alicyclic amines) is 1. The van der Waals surface area contributed by atoms with E-state index >= 15 is 0 Å². The summed E-state index contributed by atoms with van der Waals surface area (Å²) in [6.07, 6.45) is 10.4. The highest BCUT2D eigenvalue weighted by atomic mass is 16.3. The van der Waals surface area contributed by atoms with Gasteiger partial charge in [-0.25, -0.2) is 0 Å². The number of carbonyl (C=O) groups is 2. The Morgan fingerprint density at radius 3 is 2.57 bits per heavy atom. The van der Waals surface area contributed by atoms with Gasteiger partial charge in [-0.2, -0.15) is 0 Å². The van der Waals surface area contributed by atoms with Crippen LogP contribution in [0.5, 0.6) is 0 Å². The average Bonchev–Trinajstić information content (AvgIpc) is 3.33. The molecule has 0 spiro atoms. The van der Waals surface area contributed by atoms with E-state index in [1.54, 1.807) is 6.07 Å². The summed E-state index contributed by atoms with van der Waals surface area (Å²) in [6, 6.07) is 10.5. The second-order valence-electron chi connectivity index (χ2n) is 9.01. The topological polar surface area (TPSA) is 62.6 Å². The molecular weight excluding hydrogens is 376 g/mol. The summed E-state index contributed by atoms with van der Waals surface area (Å²) in [5.41, 5.74) is 3.27. The van der Waals surface area contributed by atoms with Crippen LogP contribution in [0.4, 0.5) is 0 Å². The lowest BCUT2D eigenvalue weighted by Crippen LogP contribution is -2.47. The van der Waals surface area contributed by atoms with Crippen molar-refractivity contribution in [2.45, 2.75) is 57.3 Å². The maximum Gasteiger partial charge on any atom is 0.257 e. The van der Waals surface area contributed by atoms with Crippen molar-refractivity contribution in [2.75, 3.05) is 19.6 Å². The standard InChI is InChI=1S/C25H32N2O3/c1-19-6-5-7-22(16-19)25(11-3-2-4-12-25)18-26-23(28)20-8-13-27(14-9-20)24(29)21-10-15-30-17-21/h5-7,10,15-17,20H,2-4,8-9,11-14,18H2,1H3,(H,26,28). The summed E-state index contributed by atoms with van der Waals surface area (Å²) in [5, 5.41) is 3.30. The minimum Gasteiger partial charge on any atom is -0.472 e.